The molecule has 2 rings (SSSR count). The summed E-state index contributed by atoms with van der Waals surface area (Å²) < 4.78 is 81.3. The lowest BCUT2D eigenvalue weighted by atomic mass is 9.93. The number of halogens is 6. The Kier molecular flexibility index (Phi) is 3.59. The third kappa shape index (κ3) is 2.10. The van der Waals surface area contributed by atoms with E-state index in [9.17, 15) is 31.1 Å². The molecule has 0 spiro atoms. The molecule has 0 aliphatic heterocycles. The fourth-order valence-electron chi connectivity index (χ4n) is 2.00. The number of carbonyl (C=O) groups is 1. The highest BCUT2D eigenvalue weighted by molar-refractivity contribution is 5.86. The monoisotopic (exact) mass is 322 g/mol. The molecule has 0 saturated heterocycles. The van der Waals surface area contributed by atoms with Gasteiger partial charge in [-0.3, -0.25) is 0 Å². The number of carboxylic acid groups (broad SMARTS) is 1. The highest BCUT2D eigenvalue weighted by Crippen LogP contribution is 2.52. The minimum atomic E-state index is -6.10. The van der Waals surface area contributed by atoms with Gasteiger partial charge in [-0.25, -0.2) is 4.79 Å². The number of benzene rings is 2. The fourth-order valence-corrected chi connectivity index (χ4v) is 2.00. The molecule has 0 radical (unpaired) electrons. The molecular weight excluding hydrogens is 314 g/mol. The van der Waals surface area contributed by atoms with Gasteiger partial charge in [0.15, 0.2) is 0 Å². The standard InChI is InChI=1S/C14H8F6O2/c15-12(16,14(19,20)13(17,18)11(21)22)10-7-3-5-8-4-1-2-6-9(8)10/h1-7H,(H,21,22). The van der Waals surface area contributed by atoms with E-state index in [1.807, 2.05) is 0 Å². The van der Waals surface area contributed by atoms with Crippen molar-refractivity contribution in [3.05, 3.63) is 48.0 Å². The normalized spacial score (nSPS) is 13.4. The third-order valence-corrected chi connectivity index (χ3v) is 3.19. The molecule has 0 amide bonds. The number of aliphatic carboxylic acids is 1. The van der Waals surface area contributed by atoms with Crippen LogP contribution in [0, 0.1) is 0 Å². The van der Waals surface area contributed by atoms with Crippen LogP contribution < -0.4 is 0 Å². The zero-order chi connectivity index (χ0) is 16.8. The molecule has 22 heavy (non-hydrogen) atoms. The average Bonchev–Trinajstić information content (AvgIpc) is 2.46. The number of hydrogen-bond acceptors (Lipinski definition) is 1. The number of alkyl halides is 6. The summed E-state index contributed by atoms with van der Waals surface area (Å²) in [5, 5.41) is 7.91. The smallest absolute Gasteiger partial charge is 0.410 e. The first-order chi connectivity index (χ1) is 10.0. The largest absolute Gasteiger partial charge is 0.477 e. The first kappa shape index (κ1) is 16.1. The van der Waals surface area contributed by atoms with Gasteiger partial charge < -0.3 is 5.11 Å². The maximum atomic E-state index is 14.0. The molecule has 2 nitrogen and oxygen atoms in total. The van der Waals surface area contributed by atoms with Gasteiger partial charge in [0.1, 0.15) is 0 Å². The molecular formula is C14H8F6O2. The summed E-state index contributed by atoms with van der Waals surface area (Å²) in [7, 11) is 0. The van der Waals surface area contributed by atoms with Crippen molar-refractivity contribution in [2.24, 2.45) is 0 Å². The Labute approximate surface area is 120 Å². The number of fused-ring (bicyclic) bond motifs is 1. The van der Waals surface area contributed by atoms with E-state index >= 15 is 0 Å². The van der Waals surface area contributed by atoms with Crippen LogP contribution in [0.2, 0.25) is 0 Å². The van der Waals surface area contributed by atoms with E-state index in [1.54, 1.807) is 0 Å². The van der Waals surface area contributed by atoms with E-state index < -0.39 is 29.3 Å². The Morgan fingerprint density at radius 3 is 2.00 bits per heavy atom. The van der Waals surface area contributed by atoms with Crippen LogP contribution in [0.5, 0.6) is 0 Å². The molecule has 0 bridgehead atoms. The van der Waals surface area contributed by atoms with Crippen molar-refractivity contribution in [3.8, 4) is 0 Å². The Morgan fingerprint density at radius 2 is 1.41 bits per heavy atom. The second kappa shape index (κ2) is 4.89. The lowest BCUT2D eigenvalue weighted by molar-refractivity contribution is -0.308. The lowest BCUT2D eigenvalue weighted by Gasteiger charge is -2.31. The van der Waals surface area contributed by atoms with E-state index in [-0.39, 0.29) is 10.8 Å². The van der Waals surface area contributed by atoms with Crippen molar-refractivity contribution >= 4 is 16.7 Å². The molecule has 2 aromatic carbocycles. The van der Waals surface area contributed by atoms with Crippen LogP contribution in [-0.4, -0.2) is 22.9 Å². The van der Waals surface area contributed by atoms with Gasteiger partial charge in [-0.2, -0.15) is 26.3 Å². The summed E-state index contributed by atoms with van der Waals surface area (Å²) in [6.45, 7) is 0. The summed E-state index contributed by atoms with van der Waals surface area (Å²) in [5.74, 6) is -20.7. The van der Waals surface area contributed by atoms with Gasteiger partial charge in [0, 0.05) is 5.56 Å². The van der Waals surface area contributed by atoms with Crippen molar-refractivity contribution in [2.75, 3.05) is 0 Å². The summed E-state index contributed by atoms with van der Waals surface area (Å²) >= 11 is 0. The van der Waals surface area contributed by atoms with Gasteiger partial charge in [-0.15, -0.1) is 0 Å². The highest BCUT2D eigenvalue weighted by Gasteiger charge is 2.76. The molecule has 0 aromatic heterocycles. The van der Waals surface area contributed by atoms with Crippen molar-refractivity contribution < 1.29 is 36.2 Å². The zero-order valence-corrected chi connectivity index (χ0v) is 10.7. The molecule has 0 aliphatic rings. The van der Waals surface area contributed by atoms with E-state index in [4.69, 9.17) is 5.11 Å². The number of hydrogen-bond donors (Lipinski definition) is 1. The quantitative estimate of drug-likeness (QED) is 0.853. The minimum absolute atomic E-state index is 0.133. The van der Waals surface area contributed by atoms with Gasteiger partial charge in [0.05, 0.1) is 0 Å². The van der Waals surface area contributed by atoms with Crippen molar-refractivity contribution in [3.63, 3.8) is 0 Å². The van der Waals surface area contributed by atoms with E-state index in [1.165, 1.54) is 24.3 Å². The van der Waals surface area contributed by atoms with Gasteiger partial charge in [-0.05, 0) is 10.8 Å². The second-order valence-corrected chi connectivity index (χ2v) is 4.56. The van der Waals surface area contributed by atoms with Gasteiger partial charge in [0.25, 0.3) is 0 Å². The topological polar surface area (TPSA) is 37.3 Å². The number of carboxylic acids is 1. The molecule has 1 N–H and O–H groups in total. The SMILES string of the molecule is O=C(O)C(F)(F)C(F)(F)C(F)(F)c1cccc2ccccc12. The van der Waals surface area contributed by atoms with E-state index in [0.717, 1.165) is 12.1 Å². The average molecular weight is 322 g/mol. The summed E-state index contributed by atoms with van der Waals surface area (Å²) in [4.78, 5) is 10.2. The molecule has 2 aromatic rings. The fraction of sp³-hybridized carbons (Fsp3) is 0.214. The highest BCUT2D eigenvalue weighted by atomic mass is 19.3. The van der Waals surface area contributed by atoms with Crippen molar-refractivity contribution in [2.45, 2.75) is 17.8 Å². The second-order valence-electron chi connectivity index (χ2n) is 4.56. The molecule has 0 heterocycles. The van der Waals surface area contributed by atoms with Crippen LogP contribution in [0.4, 0.5) is 26.3 Å². The van der Waals surface area contributed by atoms with Crippen LogP contribution in [0.25, 0.3) is 10.8 Å². The summed E-state index contributed by atoms with van der Waals surface area (Å²) in [5.41, 5.74) is -1.36. The maximum Gasteiger partial charge on any atom is 0.410 e. The zero-order valence-electron chi connectivity index (χ0n) is 10.7. The van der Waals surface area contributed by atoms with Crippen molar-refractivity contribution in [1.82, 2.24) is 0 Å². The Bertz CT molecular complexity index is 721. The Balaban J connectivity index is 2.70. The van der Waals surface area contributed by atoms with Crippen LogP contribution in [0.3, 0.4) is 0 Å². The molecule has 0 unspecified atom stereocenters. The molecule has 118 valence electrons. The first-order valence-electron chi connectivity index (χ1n) is 5.88. The maximum absolute atomic E-state index is 14.0. The predicted molar refractivity (Wildman–Crippen MR) is 65.4 cm³/mol. The van der Waals surface area contributed by atoms with E-state index in [0.29, 0.717) is 6.07 Å². The molecule has 0 atom stereocenters. The van der Waals surface area contributed by atoms with Crippen LogP contribution in [0.15, 0.2) is 42.5 Å². The van der Waals surface area contributed by atoms with Crippen LogP contribution in [0.1, 0.15) is 5.56 Å². The van der Waals surface area contributed by atoms with Crippen LogP contribution in [-0.2, 0) is 10.7 Å². The van der Waals surface area contributed by atoms with Crippen molar-refractivity contribution in [1.29, 1.82) is 0 Å². The summed E-state index contributed by atoms with van der Waals surface area (Å²) in [6.07, 6.45) is 0. The van der Waals surface area contributed by atoms with Gasteiger partial charge in [0.2, 0.25) is 0 Å². The molecule has 0 aliphatic carbocycles. The molecule has 8 heteroatoms. The first-order valence-corrected chi connectivity index (χ1v) is 5.88. The number of rotatable bonds is 4. The Morgan fingerprint density at radius 1 is 0.864 bits per heavy atom. The Hall–Kier alpha value is -2.25. The van der Waals surface area contributed by atoms with Gasteiger partial charge >= 0.3 is 23.7 Å². The van der Waals surface area contributed by atoms with E-state index in [2.05, 4.69) is 0 Å². The third-order valence-electron chi connectivity index (χ3n) is 3.19. The lowest BCUT2D eigenvalue weighted by Crippen LogP contribution is -2.56. The van der Waals surface area contributed by atoms with Crippen LogP contribution >= 0.6 is 0 Å². The minimum Gasteiger partial charge on any atom is -0.477 e. The predicted octanol–water partition coefficient (Wildman–Crippen LogP) is 4.29. The molecule has 0 fully saturated rings. The molecule has 0 saturated carbocycles. The summed E-state index contributed by atoms with van der Waals surface area (Å²) in [6, 6.07) is 8.02. The van der Waals surface area contributed by atoms with Gasteiger partial charge in [-0.1, -0.05) is 42.5 Å².